The van der Waals surface area contributed by atoms with Crippen LogP contribution in [0.25, 0.3) is 0 Å². The highest BCUT2D eigenvalue weighted by Crippen LogP contribution is 2.18. The number of guanidine groups is 1. The van der Waals surface area contributed by atoms with Gasteiger partial charge >= 0.3 is 0 Å². The lowest BCUT2D eigenvalue weighted by molar-refractivity contribution is -0.127. The predicted octanol–water partition coefficient (Wildman–Crippen LogP) is 2.90. The van der Waals surface area contributed by atoms with Crippen LogP contribution >= 0.6 is 24.0 Å². The lowest BCUT2D eigenvalue weighted by atomic mass is 10.2. The summed E-state index contributed by atoms with van der Waals surface area (Å²) in [6.07, 6.45) is 4.83. The third kappa shape index (κ3) is 7.94. The Labute approximate surface area is 180 Å². The Bertz CT molecular complexity index is 616. The predicted molar refractivity (Wildman–Crippen MR) is 121 cm³/mol. The molecule has 0 unspecified atom stereocenters. The third-order valence-corrected chi connectivity index (χ3v) is 4.69. The largest absolute Gasteiger partial charge is 0.491 e. The second-order valence-corrected chi connectivity index (χ2v) is 7.09. The van der Waals surface area contributed by atoms with E-state index in [1.807, 2.05) is 43.1 Å². The van der Waals surface area contributed by atoms with E-state index < -0.39 is 0 Å². The van der Waals surface area contributed by atoms with Crippen LogP contribution in [0, 0.1) is 6.92 Å². The van der Waals surface area contributed by atoms with Crippen LogP contribution in [0.5, 0.6) is 5.75 Å². The number of amides is 1. The van der Waals surface area contributed by atoms with Crippen molar-refractivity contribution in [2.75, 3.05) is 40.8 Å². The van der Waals surface area contributed by atoms with E-state index in [1.165, 1.54) is 12.8 Å². The van der Waals surface area contributed by atoms with E-state index in [0.29, 0.717) is 19.2 Å². The van der Waals surface area contributed by atoms with Gasteiger partial charge in [0.2, 0.25) is 5.91 Å². The number of hydrogen-bond acceptors (Lipinski definition) is 3. The molecule has 0 atom stereocenters. The molecule has 0 aliphatic heterocycles. The van der Waals surface area contributed by atoms with Gasteiger partial charge in [-0.05, 0) is 31.4 Å². The average Bonchev–Trinajstić information content (AvgIpc) is 3.12. The van der Waals surface area contributed by atoms with Gasteiger partial charge in [0.15, 0.2) is 5.96 Å². The third-order valence-electron chi connectivity index (χ3n) is 4.69. The number of halogens is 1. The Kier molecular flexibility index (Phi) is 10.5. The molecule has 27 heavy (non-hydrogen) atoms. The molecule has 0 spiro atoms. The monoisotopic (exact) mass is 488 g/mol. The van der Waals surface area contributed by atoms with Crippen LogP contribution in [0.4, 0.5) is 0 Å². The van der Waals surface area contributed by atoms with E-state index in [1.54, 1.807) is 19.0 Å². The van der Waals surface area contributed by atoms with Gasteiger partial charge in [-0.15, -0.1) is 24.0 Å². The summed E-state index contributed by atoms with van der Waals surface area (Å²) >= 11 is 0. The smallest absolute Gasteiger partial charge is 0.243 e. The number of carbonyl (C=O) groups is 1. The fourth-order valence-electron chi connectivity index (χ4n) is 2.93. The van der Waals surface area contributed by atoms with Gasteiger partial charge in [-0.1, -0.05) is 31.0 Å². The Hall–Kier alpha value is -1.51. The second-order valence-electron chi connectivity index (χ2n) is 7.09. The van der Waals surface area contributed by atoms with Gasteiger partial charge < -0.3 is 19.9 Å². The molecule has 0 saturated heterocycles. The summed E-state index contributed by atoms with van der Waals surface area (Å²) < 4.78 is 5.89. The van der Waals surface area contributed by atoms with Gasteiger partial charge in [-0.25, -0.2) is 4.99 Å². The zero-order valence-electron chi connectivity index (χ0n) is 16.9. The minimum absolute atomic E-state index is 0. The van der Waals surface area contributed by atoms with E-state index in [9.17, 15) is 4.79 Å². The van der Waals surface area contributed by atoms with Gasteiger partial charge in [-0.3, -0.25) is 4.79 Å². The van der Waals surface area contributed by atoms with Crippen molar-refractivity contribution in [1.82, 2.24) is 15.1 Å². The van der Waals surface area contributed by atoms with E-state index in [-0.39, 0.29) is 36.4 Å². The molecule has 2 rings (SSSR count). The summed E-state index contributed by atoms with van der Waals surface area (Å²) in [4.78, 5) is 20.0. The van der Waals surface area contributed by atoms with Crippen LogP contribution in [-0.4, -0.2) is 68.5 Å². The summed E-state index contributed by atoms with van der Waals surface area (Å²) in [5, 5.41) is 3.52. The van der Waals surface area contributed by atoms with Crippen LogP contribution < -0.4 is 10.1 Å². The Morgan fingerprint density at radius 1 is 1.22 bits per heavy atom. The van der Waals surface area contributed by atoms with Gasteiger partial charge in [0.25, 0.3) is 0 Å². The molecule has 7 heteroatoms. The van der Waals surface area contributed by atoms with E-state index >= 15 is 0 Å². The zero-order chi connectivity index (χ0) is 18.9. The maximum atomic E-state index is 11.9. The van der Waals surface area contributed by atoms with Crippen LogP contribution in [-0.2, 0) is 4.79 Å². The highest BCUT2D eigenvalue weighted by atomic mass is 127. The Balaban J connectivity index is 0.00000364. The molecule has 0 aromatic heterocycles. The number of likely N-dealkylation sites (N-methyl/N-ethyl adjacent to an activating group) is 2. The molecule has 1 fully saturated rings. The summed E-state index contributed by atoms with van der Waals surface area (Å²) in [6.45, 7) is 3.46. The molecule has 0 bridgehead atoms. The van der Waals surface area contributed by atoms with Crippen molar-refractivity contribution in [3.63, 3.8) is 0 Å². The number of aliphatic imine (C=N–C) groups is 1. The number of para-hydroxylation sites is 1. The van der Waals surface area contributed by atoms with Crippen LogP contribution in [0.1, 0.15) is 31.2 Å². The second kappa shape index (κ2) is 12.0. The van der Waals surface area contributed by atoms with Crippen LogP contribution in [0.3, 0.4) is 0 Å². The number of aryl methyl sites for hydroxylation is 1. The lowest BCUT2D eigenvalue weighted by Crippen LogP contribution is -2.45. The molecule has 1 amide bonds. The fourth-order valence-corrected chi connectivity index (χ4v) is 2.93. The first-order valence-electron chi connectivity index (χ1n) is 9.38. The SMILES string of the molecule is Cc1ccccc1OCCN(C)C(=NCC(=O)N(C)C)NC1CCCC1.I. The highest BCUT2D eigenvalue weighted by molar-refractivity contribution is 14.0. The molecular weight excluding hydrogens is 455 g/mol. The van der Waals surface area contributed by atoms with Crippen molar-refractivity contribution in [3.8, 4) is 5.75 Å². The first-order chi connectivity index (χ1) is 12.5. The zero-order valence-corrected chi connectivity index (χ0v) is 19.2. The summed E-state index contributed by atoms with van der Waals surface area (Å²) in [6, 6.07) is 8.46. The number of benzene rings is 1. The summed E-state index contributed by atoms with van der Waals surface area (Å²) in [5.74, 6) is 1.69. The minimum atomic E-state index is 0. The Morgan fingerprint density at radius 2 is 1.89 bits per heavy atom. The minimum Gasteiger partial charge on any atom is -0.491 e. The summed E-state index contributed by atoms with van der Waals surface area (Å²) in [5.41, 5.74) is 1.13. The quantitative estimate of drug-likeness (QED) is 0.365. The number of nitrogens with one attached hydrogen (secondary N) is 1. The molecule has 1 aliphatic carbocycles. The molecule has 1 N–H and O–H groups in total. The molecule has 6 nitrogen and oxygen atoms in total. The number of carbonyl (C=O) groups excluding carboxylic acids is 1. The van der Waals surface area contributed by atoms with Crippen molar-refractivity contribution in [1.29, 1.82) is 0 Å². The molecule has 1 aromatic rings. The first-order valence-corrected chi connectivity index (χ1v) is 9.38. The average molecular weight is 488 g/mol. The molecule has 152 valence electrons. The van der Waals surface area contributed by atoms with E-state index in [0.717, 1.165) is 30.1 Å². The van der Waals surface area contributed by atoms with Gasteiger partial charge in [0, 0.05) is 27.2 Å². The molecule has 0 radical (unpaired) electrons. The van der Waals surface area contributed by atoms with Crippen LogP contribution in [0.15, 0.2) is 29.3 Å². The normalized spacial score (nSPS) is 14.4. The molecule has 1 aliphatic rings. The standard InChI is InChI=1S/C20H32N4O2.HI/c1-16-9-5-8-12-18(16)26-14-13-24(4)20(21-15-19(25)23(2)3)22-17-10-6-7-11-17;/h5,8-9,12,17H,6-7,10-11,13-15H2,1-4H3,(H,21,22);1H. The maximum Gasteiger partial charge on any atom is 0.243 e. The maximum absolute atomic E-state index is 11.9. The van der Waals surface area contributed by atoms with Crippen molar-refractivity contribution in [2.24, 2.45) is 4.99 Å². The van der Waals surface area contributed by atoms with E-state index in [4.69, 9.17) is 4.74 Å². The van der Waals surface area contributed by atoms with Crippen molar-refractivity contribution in [2.45, 2.75) is 38.6 Å². The van der Waals surface area contributed by atoms with Crippen molar-refractivity contribution >= 4 is 35.8 Å². The fraction of sp³-hybridized carbons (Fsp3) is 0.600. The highest BCUT2D eigenvalue weighted by Gasteiger charge is 2.18. The lowest BCUT2D eigenvalue weighted by Gasteiger charge is -2.25. The van der Waals surface area contributed by atoms with E-state index in [2.05, 4.69) is 10.3 Å². The number of ether oxygens (including phenoxy) is 1. The van der Waals surface area contributed by atoms with Gasteiger partial charge in [0.05, 0.1) is 6.54 Å². The molecule has 1 aromatic carbocycles. The molecule has 0 heterocycles. The Morgan fingerprint density at radius 3 is 2.52 bits per heavy atom. The number of hydrogen-bond donors (Lipinski definition) is 1. The van der Waals surface area contributed by atoms with Crippen molar-refractivity contribution < 1.29 is 9.53 Å². The van der Waals surface area contributed by atoms with Gasteiger partial charge in [0.1, 0.15) is 18.9 Å². The topological polar surface area (TPSA) is 57.2 Å². The summed E-state index contributed by atoms with van der Waals surface area (Å²) in [7, 11) is 5.49. The molecular formula is C20H33IN4O2. The van der Waals surface area contributed by atoms with Gasteiger partial charge in [-0.2, -0.15) is 0 Å². The number of rotatable bonds is 7. The van der Waals surface area contributed by atoms with Crippen LogP contribution in [0.2, 0.25) is 0 Å². The first kappa shape index (κ1) is 23.5. The number of nitrogens with zero attached hydrogens (tertiary/aromatic N) is 3. The molecule has 1 saturated carbocycles. The van der Waals surface area contributed by atoms with Crippen molar-refractivity contribution in [3.05, 3.63) is 29.8 Å².